The number of hydrogen-bond acceptors (Lipinski definition) is 0. The Labute approximate surface area is 278 Å². The number of rotatable bonds is 0. The Morgan fingerprint density at radius 2 is 0.605 bits per heavy atom. The van der Waals surface area contributed by atoms with Crippen molar-refractivity contribution < 1.29 is 0 Å². The van der Waals surface area contributed by atoms with Crippen molar-refractivity contribution in [1.82, 2.24) is 0 Å². The molecule has 0 heterocycles. The van der Waals surface area contributed by atoms with Gasteiger partial charge in [0, 0.05) is 0 Å². The first kappa shape index (κ1) is 47.4. The highest BCUT2D eigenvalue weighted by Gasteiger charge is 2.28. The van der Waals surface area contributed by atoms with E-state index in [1.165, 1.54) is 64.2 Å². The zero-order valence-corrected chi connectivity index (χ0v) is 35.3. The third-order valence-corrected chi connectivity index (χ3v) is 10.5. The average Bonchev–Trinajstić information content (AvgIpc) is 3.26. The smallest absolute Gasteiger partial charge is 0.0334 e. The molecule has 0 aliphatic heterocycles. The Morgan fingerprint density at radius 1 is 0.395 bits per heavy atom. The van der Waals surface area contributed by atoms with Gasteiger partial charge in [0.15, 0.2) is 0 Å². The molecule has 0 aromatic heterocycles. The van der Waals surface area contributed by atoms with Crippen molar-refractivity contribution in [3.05, 3.63) is 0 Å². The summed E-state index contributed by atoms with van der Waals surface area (Å²) in [5.41, 5.74) is 3.49. The Hall–Kier alpha value is 0. The second-order valence-corrected chi connectivity index (χ2v) is 22.4. The van der Waals surface area contributed by atoms with E-state index in [-0.39, 0.29) is 0 Å². The second kappa shape index (κ2) is 19.0. The molecule has 43 heavy (non-hydrogen) atoms. The lowest BCUT2D eigenvalue weighted by Crippen LogP contribution is -2.25. The van der Waals surface area contributed by atoms with Crippen molar-refractivity contribution in [2.24, 2.45) is 55.7 Å². The predicted molar refractivity (Wildman–Crippen MR) is 204 cm³/mol. The predicted octanol–water partition coefficient (Wildman–Crippen LogP) is 16.1. The van der Waals surface area contributed by atoms with Crippen molar-refractivity contribution >= 4 is 0 Å². The molecule has 0 radical (unpaired) electrons. The minimum Gasteiger partial charge on any atom is -0.0623 e. The van der Waals surface area contributed by atoms with Gasteiger partial charge in [0.1, 0.15) is 0 Å². The van der Waals surface area contributed by atoms with Crippen molar-refractivity contribution in [1.29, 1.82) is 0 Å². The minimum absolute atomic E-state index is 0.437. The average molecular weight is 609 g/mol. The van der Waals surface area contributed by atoms with Crippen LogP contribution in [-0.4, -0.2) is 0 Å². The summed E-state index contributed by atoms with van der Waals surface area (Å²) in [4.78, 5) is 0. The normalized spacial score (nSPS) is 17.9. The van der Waals surface area contributed by atoms with Crippen molar-refractivity contribution in [3.8, 4) is 0 Å². The summed E-state index contributed by atoms with van der Waals surface area (Å²) < 4.78 is 0. The number of hydrogen-bond donors (Lipinski definition) is 0. The third-order valence-electron chi connectivity index (χ3n) is 10.5. The van der Waals surface area contributed by atoms with Crippen LogP contribution in [0, 0.1) is 55.7 Å². The van der Waals surface area contributed by atoms with Gasteiger partial charge >= 0.3 is 0 Å². The standard InChI is InChI=1S/C10H20.C9H18.C9H20.C8H18.C7H16/c1-10(2,3)9-7-5-4-6-8-9;1-9(2,3)8-6-4-5-7-8;1-8(2,3)7-9(4,5)6;1-7(2,3)8(4,5)6;1-6(2)7(3,4)5/h9H,4-8H2,1-3H3;8H,4-7H2,1-3H3;7H2,1-6H3;1-6H3;6H,1-5H3. The molecule has 0 aromatic rings. The first-order valence-electron chi connectivity index (χ1n) is 18.6. The molecule has 0 aromatic carbocycles. The highest BCUT2D eigenvalue weighted by molar-refractivity contribution is 4.79. The van der Waals surface area contributed by atoms with Gasteiger partial charge in [-0.25, -0.2) is 0 Å². The maximum atomic E-state index is 2.38. The van der Waals surface area contributed by atoms with Crippen LogP contribution >= 0.6 is 0 Å². The highest BCUT2D eigenvalue weighted by atomic mass is 14.3. The van der Waals surface area contributed by atoms with Gasteiger partial charge < -0.3 is 0 Å². The fraction of sp³-hybridized carbons (Fsp3) is 1.00. The van der Waals surface area contributed by atoms with Crippen molar-refractivity contribution in [2.75, 3.05) is 0 Å². The van der Waals surface area contributed by atoms with Gasteiger partial charge in [0.2, 0.25) is 0 Å². The van der Waals surface area contributed by atoms with E-state index < -0.39 is 0 Å². The molecular formula is C43H92. The van der Waals surface area contributed by atoms with E-state index in [2.05, 4.69) is 159 Å². The summed E-state index contributed by atoms with van der Waals surface area (Å²) in [5, 5.41) is 0. The Morgan fingerprint density at radius 3 is 0.698 bits per heavy atom. The van der Waals surface area contributed by atoms with Crippen LogP contribution in [-0.2, 0) is 0 Å². The fourth-order valence-corrected chi connectivity index (χ4v) is 5.35. The molecule has 2 aliphatic carbocycles. The van der Waals surface area contributed by atoms with E-state index in [0.717, 1.165) is 17.8 Å². The fourth-order valence-electron chi connectivity index (χ4n) is 5.35. The zero-order valence-electron chi connectivity index (χ0n) is 35.3. The topological polar surface area (TPSA) is 0 Å². The molecule has 0 atom stereocenters. The molecule has 0 unspecified atom stereocenters. The minimum atomic E-state index is 0.437. The molecule has 0 amide bonds. The summed E-state index contributed by atoms with van der Waals surface area (Å²) >= 11 is 0. The molecule has 2 fully saturated rings. The summed E-state index contributed by atoms with van der Waals surface area (Å²) in [7, 11) is 0. The van der Waals surface area contributed by atoms with Gasteiger partial charge in [0.25, 0.3) is 0 Å². The van der Waals surface area contributed by atoms with Gasteiger partial charge in [-0.3, -0.25) is 0 Å². The molecule has 0 spiro atoms. The van der Waals surface area contributed by atoms with Crippen LogP contribution in [0.2, 0.25) is 0 Å². The molecule has 0 N–H and O–H groups in total. The van der Waals surface area contributed by atoms with Gasteiger partial charge in [0.05, 0.1) is 0 Å². The largest absolute Gasteiger partial charge is 0.0623 e. The molecule has 0 saturated heterocycles. The third kappa shape index (κ3) is 29.2. The van der Waals surface area contributed by atoms with Gasteiger partial charge in [-0.2, -0.15) is 0 Å². The first-order chi connectivity index (χ1) is 18.6. The Bertz CT molecular complexity index is 619. The summed E-state index contributed by atoms with van der Waals surface area (Å²) in [5.74, 6) is 2.81. The lowest BCUT2D eigenvalue weighted by Gasteiger charge is -2.34. The molecule has 0 heteroatoms. The molecule has 0 nitrogen and oxygen atoms in total. The van der Waals surface area contributed by atoms with Crippen LogP contribution in [0.3, 0.4) is 0 Å². The SMILES string of the molecule is CC(C)(C)C(C)(C)C.CC(C)(C)C1CCCC1.CC(C)(C)C1CCCCC1.CC(C)(C)CC(C)(C)C.CC(C)C(C)(C)C. The van der Waals surface area contributed by atoms with Crippen LogP contribution in [0.25, 0.3) is 0 Å². The van der Waals surface area contributed by atoms with Crippen LogP contribution in [0.1, 0.15) is 223 Å². The summed E-state index contributed by atoms with van der Waals surface area (Å²) in [6, 6.07) is 0. The zero-order chi connectivity index (χ0) is 35.3. The van der Waals surface area contributed by atoms with E-state index in [0.29, 0.717) is 37.9 Å². The molecule has 2 aliphatic rings. The van der Waals surface area contributed by atoms with Gasteiger partial charge in [-0.15, -0.1) is 0 Å². The molecule has 2 saturated carbocycles. The van der Waals surface area contributed by atoms with Crippen LogP contribution in [0.4, 0.5) is 0 Å². The van der Waals surface area contributed by atoms with E-state index in [1.54, 1.807) is 0 Å². The Kier molecular flexibility index (Phi) is 20.9. The van der Waals surface area contributed by atoms with E-state index >= 15 is 0 Å². The molecule has 0 bridgehead atoms. The first-order valence-corrected chi connectivity index (χ1v) is 18.6. The molecule has 2 rings (SSSR count). The van der Waals surface area contributed by atoms with E-state index in [1.807, 2.05) is 0 Å². The van der Waals surface area contributed by atoms with Gasteiger partial charge in [-0.05, 0) is 87.8 Å². The van der Waals surface area contributed by atoms with Crippen LogP contribution in [0.5, 0.6) is 0 Å². The van der Waals surface area contributed by atoms with Gasteiger partial charge in [-0.1, -0.05) is 191 Å². The lowest BCUT2D eigenvalue weighted by molar-refractivity contribution is 0.157. The van der Waals surface area contributed by atoms with Crippen LogP contribution < -0.4 is 0 Å². The van der Waals surface area contributed by atoms with E-state index in [4.69, 9.17) is 0 Å². The lowest BCUT2D eigenvalue weighted by atomic mass is 9.71. The Balaban J connectivity index is -0.000000468. The maximum Gasteiger partial charge on any atom is -0.0334 e. The summed E-state index contributed by atoms with van der Waals surface area (Å²) in [6.45, 7) is 52.9. The summed E-state index contributed by atoms with van der Waals surface area (Å²) in [6.07, 6.45) is 14.6. The second-order valence-electron chi connectivity index (χ2n) is 22.4. The maximum absolute atomic E-state index is 2.38. The van der Waals surface area contributed by atoms with Crippen LogP contribution in [0.15, 0.2) is 0 Å². The van der Waals surface area contributed by atoms with Crippen molar-refractivity contribution in [2.45, 2.75) is 223 Å². The monoisotopic (exact) mass is 609 g/mol. The quantitative estimate of drug-likeness (QED) is 0.256. The van der Waals surface area contributed by atoms with Crippen molar-refractivity contribution in [3.63, 3.8) is 0 Å². The molecular weight excluding hydrogens is 516 g/mol. The van der Waals surface area contributed by atoms with E-state index in [9.17, 15) is 0 Å². The highest BCUT2D eigenvalue weighted by Crippen LogP contribution is 2.39. The molecule has 264 valence electrons.